The normalized spacial score (nSPS) is 20.3. The van der Waals surface area contributed by atoms with Crippen molar-refractivity contribution < 1.29 is 19.3 Å². The van der Waals surface area contributed by atoms with Crippen molar-refractivity contribution in [1.29, 1.82) is 0 Å². The van der Waals surface area contributed by atoms with E-state index >= 15 is 0 Å². The number of aliphatic hydroxyl groups excluding tert-OH is 1. The van der Waals surface area contributed by atoms with Gasteiger partial charge >= 0.3 is 0 Å². The Hall–Kier alpha value is -1.18. The van der Waals surface area contributed by atoms with Crippen molar-refractivity contribution in [2.75, 3.05) is 53.6 Å². The van der Waals surface area contributed by atoms with Crippen LogP contribution in [0.2, 0.25) is 0 Å². The number of likely N-dealkylation sites (N-methyl/N-ethyl adjacent to an activating group) is 1. The number of ether oxygens (including phenoxy) is 3. The lowest BCUT2D eigenvalue weighted by molar-refractivity contribution is -0.0158. The lowest BCUT2D eigenvalue weighted by Crippen LogP contribution is -2.40. The number of benzene rings is 1. The predicted octanol–water partition coefficient (Wildman–Crippen LogP) is 3.32. The summed E-state index contributed by atoms with van der Waals surface area (Å²) < 4.78 is 16.9. The first-order valence-corrected chi connectivity index (χ1v) is 12.1. The fourth-order valence-corrected chi connectivity index (χ4v) is 4.77. The zero-order chi connectivity index (χ0) is 21.9. The highest BCUT2D eigenvalue weighted by atomic mass is 16.5. The molecule has 31 heavy (non-hydrogen) atoms. The van der Waals surface area contributed by atoms with Crippen molar-refractivity contribution in [3.63, 3.8) is 0 Å². The Bertz CT molecular complexity index is 615. The first kappa shape index (κ1) is 24.5. The molecule has 0 amide bonds. The second kappa shape index (κ2) is 13.4. The Morgan fingerprint density at radius 2 is 1.87 bits per heavy atom. The van der Waals surface area contributed by atoms with Gasteiger partial charge < -0.3 is 24.2 Å². The van der Waals surface area contributed by atoms with E-state index in [0.29, 0.717) is 38.5 Å². The van der Waals surface area contributed by atoms with Crippen molar-refractivity contribution >= 4 is 0 Å². The minimum absolute atomic E-state index is 0.338. The molecule has 1 aliphatic carbocycles. The highest BCUT2D eigenvalue weighted by molar-refractivity contribution is 5.28. The van der Waals surface area contributed by atoms with E-state index in [1.807, 2.05) is 12.1 Å². The molecule has 176 valence electrons. The molecule has 2 aliphatic rings. The van der Waals surface area contributed by atoms with Crippen LogP contribution in [0, 0.1) is 0 Å². The molecule has 0 bridgehead atoms. The molecule has 1 saturated heterocycles. The molecule has 6 heteroatoms. The van der Waals surface area contributed by atoms with Crippen LogP contribution in [-0.2, 0) is 16.0 Å². The second-order valence-corrected chi connectivity index (χ2v) is 9.18. The van der Waals surface area contributed by atoms with Gasteiger partial charge in [-0.25, -0.2) is 0 Å². The van der Waals surface area contributed by atoms with E-state index in [4.69, 9.17) is 14.2 Å². The van der Waals surface area contributed by atoms with Crippen molar-refractivity contribution in [1.82, 2.24) is 9.80 Å². The molecule has 0 aromatic heterocycles. The maximum absolute atomic E-state index is 10.4. The molecule has 1 N–H and O–H groups in total. The highest BCUT2D eigenvalue weighted by Crippen LogP contribution is 2.22. The predicted molar refractivity (Wildman–Crippen MR) is 124 cm³/mol. The monoisotopic (exact) mass is 434 g/mol. The number of rotatable bonds is 12. The molecule has 0 radical (unpaired) electrons. The molecule has 3 rings (SSSR count). The van der Waals surface area contributed by atoms with Crippen molar-refractivity contribution in [2.24, 2.45) is 0 Å². The minimum Gasteiger partial charge on any atom is -0.491 e. The summed E-state index contributed by atoms with van der Waals surface area (Å²) in [6, 6.07) is 8.91. The van der Waals surface area contributed by atoms with E-state index in [0.717, 1.165) is 38.2 Å². The van der Waals surface area contributed by atoms with Gasteiger partial charge in [0.2, 0.25) is 0 Å². The van der Waals surface area contributed by atoms with Gasteiger partial charge in [0.25, 0.3) is 0 Å². The van der Waals surface area contributed by atoms with Crippen molar-refractivity contribution in [3.05, 3.63) is 29.8 Å². The summed E-state index contributed by atoms with van der Waals surface area (Å²) in [6.07, 6.45) is 8.51. The Morgan fingerprint density at radius 3 is 2.61 bits per heavy atom. The van der Waals surface area contributed by atoms with E-state index in [-0.39, 0.29) is 0 Å². The van der Waals surface area contributed by atoms with Crippen LogP contribution in [0.15, 0.2) is 24.3 Å². The van der Waals surface area contributed by atoms with E-state index in [1.165, 1.54) is 37.7 Å². The molecule has 1 heterocycles. The summed E-state index contributed by atoms with van der Waals surface area (Å²) in [5.74, 6) is 0.842. The lowest BCUT2D eigenvalue weighted by atomic mass is 9.94. The van der Waals surface area contributed by atoms with Gasteiger partial charge in [-0.2, -0.15) is 0 Å². The van der Waals surface area contributed by atoms with Crippen LogP contribution < -0.4 is 4.74 Å². The molecule has 1 saturated carbocycles. The average molecular weight is 435 g/mol. The van der Waals surface area contributed by atoms with Gasteiger partial charge in [0.1, 0.15) is 18.5 Å². The maximum atomic E-state index is 10.4. The van der Waals surface area contributed by atoms with Crippen molar-refractivity contribution in [3.8, 4) is 5.75 Å². The Kier molecular flexibility index (Phi) is 10.6. The van der Waals surface area contributed by atoms with E-state index < -0.39 is 6.10 Å². The van der Waals surface area contributed by atoms with E-state index in [1.54, 1.807) is 7.11 Å². The summed E-state index contributed by atoms with van der Waals surface area (Å²) in [5.41, 5.74) is 1.25. The Labute approximate surface area is 188 Å². The molecule has 6 nitrogen and oxygen atoms in total. The summed E-state index contributed by atoms with van der Waals surface area (Å²) in [7, 11) is 3.84. The molecular formula is C25H42N2O4. The quantitative estimate of drug-likeness (QED) is 0.510. The molecule has 1 atom stereocenters. The number of piperidine rings is 1. The van der Waals surface area contributed by atoms with Crippen LogP contribution in [0.3, 0.4) is 0 Å². The standard InChI is InChI=1S/C25H42N2O4/c1-26(22-8-4-3-5-9-22)19-23(28)20-31-25-10-6-7-21(17-25)18-27-13-11-24(12-14-27)30-16-15-29-2/h6-7,10,17,22-24,28H,3-5,8-9,11-16,18-20H2,1-2H3/t23-/m1/s1. The van der Waals surface area contributed by atoms with Crippen LogP contribution >= 0.6 is 0 Å². The molecule has 2 fully saturated rings. The molecule has 1 aromatic rings. The summed E-state index contributed by atoms with van der Waals surface area (Å²) in [6.45, 7) is 5.39. The lowest BCUT2D eigenvalue weighted by Gasteiger charge is -2.32. The Morgan fingerprint density at radius 1 is 1.10 bits per heavy atom. The molecular weight excluding hydrogens is 392 g/mol. The smallest absolute Gasteiger partial charge is 0.119 e. The van der Waals surface area contributed by atoms with Crippen molar-refractivity contribution in [2.45, 2.75) is 69.7 Å². The zero-order valence-corrected chi connectivity index (χ0v) is 19.5. The van der Waals surface area contributed by atoms with Gasteiger partial charge in [-0.3, -0.25) is 4.90 Å². The molecule has 0 spiro atoms. The third-order valence-corrected chi connectivity index (χ3v) is 6.62. The largest absolute Gasteiger partial charge is 0.491 e. The topological polar surface area (TPSA) is 54.4 Å². The van der Waals surface area contributed by atoms with Crippen LogP contribution in [-0.4, -0.2) is 86.8 Å². The first-order chi connectivity index (χ1) is 15.1. The van der Waals surface area contributed by atoms with Crippen LogP contribution in [0.1, 0.15) is 50.5 Å². The molecule has 1 aliphatic heterocycles. The number of aliphatic hydroxyl groups is 1. The summed E-state index contributed by atoms with van der Waals surface area (Å²) >= 11 is 0. The van der Waals surface area contributed by atoms with Gasteiger partial charge in [0, 0.05) is 39.3 Å². The second-order valence-electron chi connectivity index (χ2n) is 9.18. The minimum atomic E-state index is -0.465. The third kappa shape index (κ3) is 8.70. The first-order valence-electron chi connectivity index (χ1n) is 12.1. The number of nitrogens with zero attached hydrogens (tertiary/aromatic N) is 2. The highest BCUT2D eigenvalue weighted by Gasteiger charge is 2.21. The average Bonchev–Trinajstić information content (AvgIpc) is 2.80. The molecule has 0 unspecified atom stereocenters. The van der Waals surface area contributed by atoms with Gasteiger partial charge in [-0.1, -0.05) is 31.4 Å². The van der Waals surface area contributed by atoms with Gasteiger partial charge in [0.15, 0.2) is 0 Å². The zero-order valence-electron chi connectivity index (χ0n) is 19.5. The van der Waals surface area contributed by atoms with E-state index in [9.17, 15) is 5.11 Å². The SMILES string of the molecule is COCCOC1CCN(Cc2cccc(OC[C@H](O)CN(C)C3CCCCC3)c2)CC1. The molecule has 1 aromatic carbocycles. The van der Waals surface area contributed by atoms with Gasteiger partial charge in [-0.05, 0) is 50.4 Å². The van der Waals surface area contributed by atoms with Crippen LogP contribution in [0.5, 0.6) is 5.75 Å². The van der Waals surface area contributed by atoms with E-state index in [2.05, 4.69) is 29.0 Å². The Balaban J connectivity index is 1.37. The van der Waals surface area contributed by atoms with Crippen LogP contribution in [0.4, 0.5) is 0 Å². The van der Waals surface area contributed by atoms with Gasteiger partial charge in [-0.15, -0.1) is 0 Å². The summed E-state index contributed by atoms with van der Waals surface area (Å²) in [5, 5.41) is 10.4. The number of methoxy groups -OCH3 is 1. The fraction of sp³-hybridized carbons (Fsp3) is 0.760. The maximum Gasteiger partial charge on any atom is 0.119 e. The third-order valence-electron chi connectivity index (χ3n) is 6.62. The number of hydrogen-bond donors (Lipinski definition) is 1. The van der Waals surface area contributed by atoms with Gasteiger partial charge in [0.05, 0.1) is 19.3 Å². The van der Waals surface area contributed by atoms with Crippen LogP contribution in [0.25, 0.3) is 0 Å². The fourth-order valence-electron chi connectivity index (χ4n) is 4.77. The number of likely N-dealkylation sites (tertiary alicyclic amines) is 1. The number of hydrogen-bond acceptors (Lipinski definition) is 6. The summed E-state index contributed by atoms with van der Waals surface area (Å²) in [4.78, 5) is 4.79.